The van der Waals surface area contributed by atoms with Crippen LogP contribution in [-0.4, -0.2) is 17.2 Å². The molecule has 11 rings (SSSR count). The van der Waals surface area contributed by atoms with E-state index in [2.05, 4.69) is 240 Å². The number of nitrogens with zero attached hydrogens (tertiary/aromatic N) is 2. The molecule has 0 radical (unpaired) electrons. The number of para-hydroxylation sites is 3. The lowest BCUT2D eigenvalue weighted by Gasteiger charge is -2.35. The fourth-order valence-corrected chi connectivity index (χ4v) is 14.5. The minimum atomic E-state index is -2.95. The third-order valence-electron chi connectivity index (χ3n) is 11.9. The highest BCUT2D eigenvalue weighted by atomic mass is 28.3. The second kappa shape index (κ2) is 13.5. The standard InChI is InChI=1S/C54H38N2Si/c1-5-19-39(20-6-1)40-35-37-44(38-36-40)57(42-23-9-3-10-24-42,43-25-11-4-12-26-43)52-34-18-33-51-54(52)46-28-14-16-30-48(46)56(51)50-32-17-31-49-53(50)45-27-13-15-29-47(45)55(49)41-21-7-2-8-22-41/h1-38H. The topological polar surface area (TPSA) is 9.86 Å². The van der Waals surface area contributed by atoms with Crippen molar-refractivity contribution in [2.75, 3.05) is 0 Å². The number of hydrogen-bond donors (Lipinski definition) is 0. The average Bonchev–Trinajstić information content (AvgIpc) is 3.82. The quantitative estimate of drug-likeness (QED) is 0.114. The minimum absolute atomic E-state index is 1.16. The fourth-order valence-electron chi connectivity index (χ4n) is 9.52. The molecule has 0 amide bonds. The maximum Gasteiger partial charge on any atom is 0.180 e. The van der Waals surface area contributed by atoms with Crippen molar-refractivity contribution in [2.45, 2.75) is 0 Å². The van der Waals surface area contributed by atoms with Crippen LogP contribution in [0.2, 0.25) is 0 Å². The first-order chi connectivity index (χ1) is 28.3. The molecule has 57 heavy (non-hydrogen) atoms. The third kappa shape index (κ3) is 5.10. The Kier molecular flexibility index (Phi) is 7.87. The van der Waals surface area contributed by atoms with E-state index < -0.39 is 8.07 Å². The van der Waals surface area contributed by atoms with Gasteiger partial charge in [-0.2, -0.15) is 0 Å². The molecule has 11 aromatic rings. The first-order valence-corrected chi connectivity index (χ1v) is 21.7. The highest BCUT2D eigenvalue weighted by Gasteiger charge is 2.43. The molecule has 0 bridgehead atoms. The van der Waals surface area contributed by atoms with Gasteiger partial charge in [0.25, 0.3) is 0 Å². The maximum absolute atomic E-state index is 2.95. The fraction of sp³-hybridized carbons (Fsp3) is 0. The van der Waals surface area contributed by atoms with Crippen LogP contribution < -0.4 is 20.7 Å². The Hall–Kier alpha value is -7.20. The molecular formula is C54H38N2Si. The second-order valence-corrected chi connectivity index (χ2v) is 18.6. The Balaban J connectivity index is 1.26. The predicted octanol–water partition coefficient (Wildman–Crippen LogP) is 10.9. The summed E-state index contributed by atoms with van der Waals surface area (Å²) in [5.74, 6) is 0. The van der Waals surface area contributed by atoms with Crippen molar-refractivity contribution in [3.8, 4) is 22.5 Å². The van der Waals surface area contributed by atoms with Gasteiger partial charge in [-0.3, -0.25) is 0 Å². The van der Waals surface area contributed by atoms with E-state index in [9.17, 15) is 0 Å². The van der Waals surface area contributed by atoms with Gasteiger partial charge in [-0.05, 0) is 74.3 Å². The van der Waals surface area contributed by atoms with E-state index in [1.54, 1.807) is 0 Å². The molecular weight excluding hydrogens is 705 g/mol. The lowest BCUT2D eigenvalue weighted by atomic mass is 10.1. The molecule has 2 nitrogen and oxygen atoms in total. The molecule has 2 heterocycles. The molecule has 0 aliphatic rings. The van der Waals surface area contributed by atoms with Gasteiger partial charge in [0, 0.05) is 27.2 Å². The van der Waals surface area contributed by atoms with E-state index in [0.29, 0.717) is 0 Å². The molecule has 0 atom stereocenters. The van der Waals surface area contributed by atoms with Crippen molar-refractivity contribution in [1.82, 2.24) is 9.13 Å². The van der Waals surface area contributed by atoms with Crippen LogP contribution in [0.5, 0.6) is 0 Å². The van der Waals surface area contributed by atoms with Gasteiger partial charge < -0.3 is 9.13 Å². The van der Waals surface area contributed by atoms with Crippen LogP contribution in [0.1, 0.15) is 0 Å². The molecule has 2 aromatic heterocycles. The zero-order valence-electron chi connectivity index (χ0n) is 31.3. The number of rotatable bonds is 7. The van der Waals surface area contributed by atoms with Gasteiger partial charge in [-0.1, -0.05) is 188 Å². The lowest BCUT2D eigenvalue weighted by Crippen LogP contribution is -2.74. The van der Waals surface area contributed by atoms with Crippen molar-refractivity contribution in [3.63, 3.8) is 0 Å². The van der Waals surface area contributed by atoms with E-state index >= 15 is 0 Å². The van der Waals surface area contributed by atoms with E-state index in [0.717, 1.165) is 5.69 Å². The molecule has 0 fully saturated rings. The van der Waals surface area contributed by atoms with E-state index in [1.807, 2.05) is 0 Å². The van der Waals surface area contributed by atoms with Crippen LogP contribution in [0.15, 0.2) is 231 Å². The Bertz CT molecular complexity index is 3160. The molecule has 3 heteroatoms. The van der Waals surface area contributed by atoms with Gasteiger partial charge in [0.05, 0.1) is 27.8 Å². The van der Waals surface area contributed by atoms with Crippen LogP contribution in [0.4, 0.5) is 0 Å². The van der Waals surface area contributed by atoms with Gasteiger partial charge in [0.1, 0.15) is 0 Å². The summed E-state index contributed by atoms with van der Waals surface area (Å²) in [5.41, 5.74) is 9.59. The summed E-state index contributed by atoms with van der Waals surface area (Å²) in [7, 11) is -2.95. The van der Waals surface area contributed by atoms with E-state index in [1.165, 1.54) is 81.2 Å². The van der Waals surface area contributed by atoms with Crippen LogP contribution in [0.3, 0.4) is 0 Å². The monoisotopic (exact) mass is 742 g/mol. The van der Waals surface area contributed by atoms with Crippen molar-refractivity contribution < 1.29 is 0 Å². The number of hydrogen-bond acceptors (Lipinski definition) is 0. The normalized spacial score (nSPS) is 11.9. The van der Waals surface area contributed by atoms with Crippen molar-refractivity contribution in [1.29, 1.82) is 0 Å². The van der Waals surface area contributed by atoms with Gasteiger partial charge in [-0.25, -0.2) is 0 Å². The average molecular weight is 743 g/mol. The largest absolute Gasteiger partial charge is 0.309 e. The third-order valence-corrected chi connectivity index (χ3v) is 16.7. The predicted molar refractivity (Wildman–Crippen MR) is 244 cm³/mol. The van der Waals surface area contributed by atoms with Gasteiger partial charge in [0.15, 0.2) is 8.07 Å². The number of fused-ring (bicyclic) bond motifs is 6. The maximum atomic E-state index is 2.53. The molecule has 0 saturated heterocycles. The summed E-state index contributed by atoms with van der Waals surface area (Å²) < 4.78 is 4.95. The zero-order chi connectivity index (χ0) is 37.8. The Labute approximate surface area is 333 Å². The SMILES string of the molecule is c1ccc(-c2ccc([Si](c3ccccc3)(c3ccccc3)c3cccc4c3c3ccccc3n4-c3cccc4c3c3ccccc3n4-c3ccccc3)cc2)cc1. The summed E-state index contributed by atoms with van der Waals surface area (Å²) in [5, 5.41) is 10.5. The summed E-state index contributed by atoms with van der Waals surface area (Å²) in [6.45, 7) is 0. The molecule has 0 spiro atoms. The highest BCUT2D eigenvalue weighted by molar-refractivity contribution is 7.20. The molecule has 0 N–H and O–H groups in total. The smallest absolute Gasteiger partial charge is 0.180 e. The molecule has 268 valence electrons. The summed E-state index contributed by atoms with van der Waals surface area (Å²) >= 11 is 0. The van der Waals surface area contributed by atoms with E-state index in [-0.39, 0.29) is 0 Å². The second-order valence-electron chi connectivity index (χ2n) is 14.8. The molecule has 0 aliphatic heterocycles. The van der Waals surface area contributed by atoms with Crippen LogP contribution in [0.25, 0.3) is 66.1 Å². The minimum Gasteiger partial charge on any atom is -0.309 e. The Morgan fingerprint density at radius 2 is 0.719 bits per heavy atom. The zero-order valence-corrected chi connectivity index (χ0v) is 32.3. The lowest BCUT2D eigenvalue weighted by molar-refractivity contribution is 1.17. The Morgan fingerprint density at radius 1 is 0.281 bits per heavy atom. The first kappa shape index (κ1) is 33.2. The molecule has 0 aliphatic carbocycles. The Morgan fingerprint density at radius 3 is 1.35 bits per heavy atom. The van der Waals surface area contributed by atoms with E-state index in [4.69, 9.17) is 0 Å². The molecule has 0 saturated carbocycles. The highest BCUT2D eigenvalue weighted by Crippen LogP contribution is 2.40. The van der Waals surface area contributed by atoms with Crippen LogP contribution in [0, 0.1) is 0 Å². The van der Waals surface area contributed by atoms with Crippen molar-refractivity contribution >= 4 is 72.4 Å². The van der Waals surface area contributed by atoms with Crippen LogP contribution >= 0.6 is 0 Å². The van der Waals surface area contributed by atoms with Gasteiger partial charge in [0.2, 0.25) is 0 Å². The van der Waals surface area contributed by atoms with Crippen molar-refractivity contribution in [2.24, 2.45) is 0 Å². The summed E-state index contributed by atoms with van der Waals surface area (Å²) in [6, 6.07) is 85.2. The summed E-state index contributed by atoms with van der Waals surface area (Å²) in [6.07, 6.45) is 0. The molecule has 9 aromatic carbocycles. The van der Waals surface area contributed by atoms with Gasteiger partial charge >= 0.3 is 0 Å². The molecule has 0 unspecified atom stereocenters. The number of benzene rings is 9. The van der Waals surface area contributed by atoms with Crippen LogP contribution in [-0.2, 0) is 0 Å². The summed E-state index contributed by atoms with van der Waals surface area (Å²) in [4.78, 5) is 0. The number of aromatic nitrogens is 2. The van der Waals surface area contributed by atoms with Gasteiger partial charge in [-0.15, -0.1) is 0 Å². The van der Waals surface area contributed by atoms with Crippen molar-refractivity contribution in [3.05, 3.63) is 231 Å². The first-order valence-electron chi connectivity index (χ1n) is 19.7.